The maximum atomic E-state index is 13.0. The van der Waals surface area contributed by atoms with Crippen LogP contribution in [0.25, 0.3) is 0 Å². The molecule has 1 aromatic carbocycles. The van der Waals surface area contributed by atoms with Crippen molar-refractivity contribution >= 4 is 15.9 Å². The smallest absolute Gasteiger partial charge is 0.229 e. The van der Waals surface area contributed by atoms with Crippen LogP contribution in [0.4, 0.5) is 4.39 Å². The minimum Gasteiger partial charge on any atom is -0.484 e. The van der Waals surface area contributed by atoms with Crippen LogP contribution in [0, 0.1) is 5.82 Å². The first-order chi connectivity index (χ1) is 8.56. The van der Waals surface area contributed by atoms with Crippen LogP contribution in [-0.2, 0) is 6.61 Å². The summed E-state index contributed by atoms with van der Waals surface area (Å²) in [5.41, 5.74) is 0. The molecule has 0 aliphatic rings. The average Bonchev–Trinajstić information content (AvgIpc) is 2.79. The summed E-state index contributed by atoms with van der Waals surface area (Å²) in [7, 11) is 0. The molecule has 0 amide bonds. The minimum atomic E-state index is -0.357. The molecular formula is C12H12BrFN2O2. The van der Waals surface area contributed by atoms with Gasteiger partial charge in [0.05, 0.1) is 4.47 Å². The first-order valence-corrected chi connectivity index (χ1v) is 6.26. The van der Waals surface area contributed by atoms with Gasteiger partial charge in [-0.25, -0.2) is 4.39 Å². The SMILES string of the molecule is CC(C)c1nc(COc2cc(F)ccc2Br)no1. The molecule has 0 spiro atoms. The topological polar surface area (TPSA) is 48.2 Å². The van der Waals surface area contributed by atoms with Crippen LogP contribution in [0.15, 0.2) is 27.2 Å². The van der Waals surface area contributed by atoms with Crippen LogP contribution in [0.2, 0.25) is 0 Å². The third kappa shape index (κ3) is 3.07. The van der Waals surface area contributed by atoms with Crippen LogP contribution >= 0.6 is 15.9 Å². The molecule has 18 heavy (non-hydrogen) atoms. The van der Waals surface area contributed by atoms with E-state index in [1.54, 1.807) is 6.07 Å². The van der Waals surface area contributed by atoms with Gasteiger partial charge in [0.2, 0.25) is 11.7 Å². The third-order valence-electron chi connectivity index (χ3n) is 2.23. The van der Waals surface area contributed by atoms with E-state index in [2.05, 4.69) is 26.1 Å². The van der Waals surface area contributed by atoms with Gasteiger partial charge >= 0.3 is 0 Å². The molecule has 0 atom stereocenters. The zero-order valence-corrected chi connectivity index (χ0v) is 11.6. The van der Waals surface area contributed by atoms with Crippen molar-refractivity contribution in [1.29, 1.82) is 0 Å². The Morgan fingerprint density at radius 2 is 2.22 bits per heavy atom. The summed E-state index contributed by atoms with van der Waals surface area (Å²) < 4.78 is 24.2. The minimum absolute atomic E-state index is 0.137. The van der Waals surface area contributed by atoms with E-state index in [9.17, 15) is 4.39 Å². The van der Waals surface area contributed by atoms with Gasteiger partial charge in [0.1, 0.15) is 11.6 Å². The second-order valence-corrected chi connectivity index (χ2v) is 4.92. The van der Waals surface area contributed by atoms with Crippen LogP contribution < -0.4 is 4.74 Å². The summed E-state index contributed by atoms with van der Waals surface area (Å²) in [6.45, 7) is 4.06. The van der Waals surface area contributed by atoms with Gasteiger partial charge in [-0.1, -0.05) is 19.0 Å². The maximum Gasteiger partial charge on any atom is 0.229 e. The number of rotatable bonds is 4. The van der Waals surface area contributed by atoms with Gasteiger partial charge in [-0.2, -0.15) is 4.98 Å². The van der Waals surface area contributed by atoms with E-state index in [1.165, 1.54) is 12.1 Å². The second-order valence-electron chi connectivity index (χ2n) is 4.07. The van der Waals surface area contributed by atoms with Gasteiger partial charge < -0.3 is 9.26 Å². The van der Waals surface area contributed by atoms with Crippen molar-refractivity contribution in [3.63, 3.8) is 0 Å². The summed E-state index contributed by atoms with van der Waals surface area (Å²) in [4.78, 5) is 4.17. The number of aromatic nitrogens is 2. The molecular weight excluding hydrogens is 303 g/mol. The van der Waals surface area contributed by atoms with E-state index in [0.29, 0.717) is 21.9 Å². The zero-order valence-electron chi connectivity index (χ0n) is 9.98. The average molecular weight is 315 g/mol. The predicted molar refractivity (Wildman–Crippen MR) is 66.8 cm³/mol. The van der Waals surface area contributed by atoms with Crippen molar-refractivity contribution in [2.24, 2.45) is 0 Å². The molecule has 0 saturated carbocycles. The molecule has 4 nitrogen and oxygen atoms in total. The number of halogens is 2. The summed E-state index contributed by atoms with van der Waals surface area (Å²) in [6, 6.07) is 4.23. The zero-order chi connectivity index (χ0) is 13.1. The summed E-state index contributed by atoms with van der Waals surface area (Å²) in [6.07, 6.45) is 0. The largest absolute Gasteiger partial charge is 0.484 e. The van der Waals surface area contributed by atoms with Gasteiger partial charge in [-0.05, 0) is 28.1 Å². The van der Waals surface area contributed by atoms with Crippen molar-refractivity contribution < 1.29 is 13.7 Å². The monoisotopic (exact) mass is 314 g/mol. The van der Waals surface area contributed by atoms with E-state index >= 15 is 0 Å². The van der Waals surface area contributed by atoms with Crippen LogP contribution in [0.5, 0.6) is 5.75 Å². The first kappa shape index (κ1) is 13.0. The van der Waals surface area contributed by atoms with Crippen molar-refractivity contribution in [3.8, 4) is 5.75 Å². The maximum absolute atomic E-state index is 13.0. The standard InChI is InChI=1S/C12H12BrFN2O2/c1-7(2)12-15-11(16-18-12)6-17-10-5-8(14)3-4-9(10)13/h3-5,7H,6H2,1-2H3. The van der Waals surface area contributed by atoms with Crippen molar-refractivity contribution in [1.82, 2.24) is 10.1 Å². The normalized spacial score (nSPS) is 10.9. The summed E-state index contributed by atoms with van der Waals surface area (Å²) in [5.74, 6) is 1.23. The molecule has 0 fully saturated rings. The summed E-state index contributed by atoms with van der Waals surface area (Å²) in [5, 5.41) is 3.78. The molecule has 1 aromatic heterocycles. The highest BCUT2D eigenvalue weighted by Gasteiger charge is 2.11. The quantitative estimate of drug-likeness (QED) is 0.863. The lowest BCUT2D eigenvalue weighted by Gasteiger charge is -2.05. The summed E-state index contributed by atoms with van der Waals surface area (Å²) >= 11 is 3.28. The second kappa shape index (κ2) is 5.48. The Balaban J connectivity index is 2.04. The highest BCUT2D eigenvalue weighted by molar-refractivity contribution is 9.10. The van der Waals surface area contributed by atoms with E-state index in [0.717, 1.165) is 0 Å². The fourth-order valence-corrected chi connectivity index (χ4v) is 1.65. The number of ether oxygens (including phenoxy) is 1. The Labute approximate surface area is 112 Å². The molecule has 0 aliphatic carbocycles. The molecule has 0 saturated heterocycles. The molecule has 2 rings (SSSR count). The number of hydrogen-bond donors (Lipinski definition) is 0. The molecule has 96 valence electrons. The van der Waals surface area contributed by atoms with Crippen LogP contribution in [-0.4, -0.2) is 10.1 Å². The molecule has 2 aromatic rings. The van der Waals surface area contributed by atoms with Crippen molar-refractivity contribution in [3.05, 3.63) is 40.2 Å². The van der Waals surface area contributed by atoms with E-state index in [4.69, 9.17) is 9.26 Å². The van der Waals surface area contributed by atoms with E-state index in [1.807, 2.05) is 13.8 Å². The molecule has 0 aliphatic heterocycles. The Hall–Kier alpha value is -1.43. The van der Waals surface area contributed by atoms with Gasteiger partial charge in [-0.15, -0.1) is 0 Å². The lowest BCUT2D eigenvalue weighted by Crippen LogP contribution is -1.99. The number of hydrogen-bond acceptors (Lipinski definition) is 4. The van der Waals surface area contributed by atoms with Crippen molar-refractivity contribution in [2.75, 3.05) is 0 Å². The van der Waals surface area contributed by atoms with Crippen molar-refractivity contribution in [2.45, 2.75) is 26.4 Å². The predicted octanol–water partition coefficient (Wildman–Crippen LogP) is 3.67. The number of nitrogens with zero attached hydrogens (tertiary/aromatic N) is 2. The lowest BCUT2D eigenvalue weighted by atomic mass is 10.2. The Morgan fingerprint density at radius 3 is 2.89 bits per heavy atom. The molecule has 6 heteroatoms. The van der Waals surface area contributed by atoms with Crippen LogP contribution in [0.3, 0.4) is 0 Å². The Kier molecular flexibility index (Phi) is 3.96. The molecule has 0 radical (unpaired) electrons. The van der Waals surface area contributed by atoms with E-state index in [-0.39, 0.29) is 18.3 Å². The Morgan fingerprint density at radius 1 is 1.44 bits per heavy atom. The fraction of sp³-hybridized carbons (Fsp3) is 0.333. The fourth-order valence-electron chi connectivity index (χ4n) is 1.29. The lowest BCUT2D eigenvalue weighted by molar-refractivity contribution is 0.281. The highest BCUT2D eigenvalue weighted by atomic mass is 79.9. The Bertz CT molecular complexity index is 543. The van der Waals surface area contributed by atoms with Gasteiger partial charge in [-0.3, -0.25) is 0 Å². The highest BCUT2D eigenvalue weighted by Crippen LogP contribution is 2.26. The first-order valence-electron chi connectivity index (χ1n) is 5.46. The van der Waals surface area contributed by atoms with E-state index < -0.39 is 0 Å². The third-order valence-corrected chi connectivity index (χ3v) is 2.88. The van der Waals surface area contributed by atoms with Gasteiger partial charge in [0.15, 0.2) is 6.61 Å². The number of benzene rings is 1. The molecule has 0 unspecified atom stereocenters. The molecule has 0 bridgehead atoms. The van der Waals surface area contributed by atoms with Gasteiger partial charge in [0, 0.05) is 12.0 Å². The van der Waals surface area contributed by atoms with Crippen LogP contribution in [0.1, 0.15) is 31.5 Å². The van der Waals surface area contributed by atoms with Gasteiger partial charge in [0.25, 0.3) is 0 Å². The molecule has 1 heterocycles. The molecule has 0 N–H and O–H groups in total.